The van der Waals surface area contributed by atoms with Gasteiger partial charge in [-0.05, 0) is 23.8 Å². The van der Waals surface area contributed by atoms with Crippen molar-refractivity contribution in [1.82, 2.24) is 44.1 Å². The molecule has 34 heavy (non-hydrogen) atoms. The second-order valence-corrected chi connectivity index (χ2v) is 9.38. The Kier molecular flexibility index (Phi) is 4.93. The summed E-state index contributed by atoms with van der Waals surface area (Å²) in [5, 5.41) is 19.6. The molecule has 6 rings (SSSR count). The van der Waals surface area contributed by atoms with Gasteiger partial charge in [0.1, 0.15) is 5.01 Å². The summed E-state index contributed by atoms with van der Waals surface area (Å²) in [6.45, 7) is 0. The molecule has 5 aromatic heterocycles. The zero-order chi connectivity index (χ0) is 23.2. The lowest BCUT2D eigenvalue weighted by Gasteiger charge is -2.08. The van der Waals surface area contributed by atoms with Crippen LogP contribution < -0.4 is 5.73 Å². The molecule has 0 radical (unpaired) electrons. The van der Waals surface area contributed by atoms with Crippen molar-refractivity contribution in [2.45, 2.75) is 18.9 Å². The molecule has 5 heterocycles. The smallest absolute Gasteiger partial charge is 0.234 e. The third kappa shape index (κ3) is 3.74. The highest BCUT2D eigenvalue weighted by Gasteiger charge is 2.18. The minimum absolute atomic E-state index is 0.229. The normalized spacial score (nSPS) is 12.7. The van der Waals surface area contributed by atoms with Gasteiger partial charge in [-0.15, -0.1) is 10.2 Å². The molecule has 170 valence electrons. The van der Waals surface area contributed by atoms with E-state index in [1.165, 1.54) is 11.3 Å². The van der Waals surface area contributed by atoms with Gasteiger partial charge in [0, 0.05) is 67.7 Å². The summed E-state index contributed by atoms with van der Waals surface area (Å²) >= 11 is 1.47. The molecular weight excluding hydrogens is 448 g/mol. The fourth-order valence-electron chi connectivity index (χ4n) is 4.03. The second kappa shape index (κ2) is 8.12. The fourth-order valence-corrected chi connectivity index (χ4v) is 4.89. The van der Waals surface area contributed by atoms with Gasteiger partial charge in [0.2, 0.25) is 4.96 Å². The van der Waals surface area contributed by atoms with Crippen molar-refractivity contribution >= 4 is 27.2 Å². The van der Waals surface area contributed by atoms with Crippen molar-refractivity contribution < 1.29 is 0 Å². The molecule has 0 saturated heterocycles. The van der Waals surface area contributed by atoms with Crippen LogP contribution in [0, 0.1) is 0 Å². The lowest BCUT2D eigenvalue weighted by molar-refractivity contribution is 0.656. The van der Waals surface area contributed by atoms with E-state index >= 15 is 0 Å². The van der Waals surface area contributed by atoms with Crippen LogP contribution in [0.5, 0.6) is 0 Å². The number of hydrogen-bond donors (Lipinski definition) is 1. The zero-order valence-corrected chi connectivity index (χ0v) is 19.5. The largest absolute Gasteiger partial charge is 0.338 e. The van der Waals surface area contributed by atoms with Crippen LogP contribution in [0.15, 0.2) is 55.4 Å². The highest BCUT2D eigenvalue weighted by molar-refractivity contribution is 7.16. The first-order valence-corrected chi connectivity index (χ1v) is 11.6. The van der Waals surface area contributed by atoms with Crippen molar-refractivity contribution in [2.24, 2.45) is 19.8 Å². The van der Waals surface area contributed by atoms with Crippen molar-refractivity contribution in [1.29, 1.82) is 0 Å². The summed E-state index contributed by atoms with van der Waals surface area (Å²) in [5.74, 6) is 0.779. The molecule has 6 aromatic rings. The molecule has 11 heteroatoms. The Morgan fingerprint density at radius 3 is 2.76 bits per heavy atom. The molecule has 10 nitrogen and oxygen atoms in total. The first-order valence-electron chi connectivity index (χ1n) is 10.8. The Morgan fingerprint density at radius 2 is 1.97 bits per heavy atom. The summed E-state index contributed by atoms with van der Waals surface area (Å²) in [6, 6.07) is 8.16. The average molecular weight is 471 g/mol. The number of rotatable bonds is 6. The van der Waals surface area contributed by atoms with Crippen LogP contribution in [0.25, 0.3) is 27.0 Å². The summed E-state index contributed by atoms with van der Waals surface area (Å²) in [5.41, 5.74) is 11.6. The summed E-state index contributed by atoms with van der Waals surface area (Å²) in [4.78, 5) is 9.52. The number of aryl methyl sites for hydroxylation is 2. The molecule has 0 fully saturated rings. The standard InChI is InChI=1S/C23H22N10S/c1-31-13-25-11-18(31)8-19(24)22-30-33-21(28-29-23(33)34-22)6-14-3-4-20-15(5-14)7-16(9-26-20)17-10-27-32(2)12-17/h3-5,7,9-13,19H,6,8,24H2,1-2H3. The highest BCUT2D eigenvalue weighted by Crippen LogP contribution is 2.25. The summed E-state index contributed by atoms with van der Waals surface area (Å²) in [6.07, 6.45) is 10.6. The van der Waals surface area contributed by atoms with Crippen molar-refractivity contribution in [3.8, 4) is 11.1 Å². The number of imidazole rings is 1. The SMILES string of the molecule is Cn1cc(-c2cnc3ccc(Cc4nnc5sc(C(N)Cc6cncn6C)nn45)cc3c2)cn1. The lowest BCUT2D eigenvalue weighted by Crippen LogP contribution is -2.15. The molecular formula is C23H22N10S. The Balaban J connectivity index is 1.27. The molecule has 1 unspecified atom stereocenters. The zero-order valence-electron chi connectivity index (χ0n) is 18.7. The van der Waals surface area contributed by atoms with Crippen LogP contribution in [-0.2, 0) is 26.9 Å². The van der Waals surface area contributed by atoms with Crippen molar-refractivity contribution in [2.75, 3.05) is 0 Å². The minimum atomic E-state index is -0.229. The fraction of sp³-hybridized carbons (Fsp3) is 0.217. The van der Waals surface area contributed by atoms with Crippen LogP contribution >= 0.6 is 11.3 Å². The van der Waals surface area contributed by atoms with Crippen molar-refractivity contribution in [3.05, 3.63) is 77.5 Å². The van der Waals surface area contributed by atoms with Gasteiger partial charge in [-0.2, -0.15) is 14.7 Å². The number of benzene rings is 1. The number of hydrogen-bond acceptors (Lipinski definition) is 8. The molecule has 1 aromatic carbocycles. The van der Waals surface area contributed by atoms with Crippen molar-refractivity contribution in [3.63, 3.8) is 0 Å². The third-order valence-electron chi connectivity index (χ3n) is 5.88. The molecule has 0 aliphatic rings. The van der Waals surface area contributed by atoms with Gasteiger partial charge < -0.3 is 10.3 Å². The predicted molar refractivity (Wildman–Crippen MR) is 129 cm³/mol. The predicted octanol–water partition coefficient (Wildman–Crippen LogP) is 2.70. The highest BCUT2D eigenvalue weighted by atomic mass is 32.1. The molecule has 0 amide bonds. The van der Waals surface area contributed by atoms with E-state index in [-0.39, 0.29) is 6.04 Å². The quantitative estimate of drug-likeness (QED) is 0.398. The summed E-state index contributed by atoms with van der Waals surface area (Å²) in [7, 11) is 3.87. The molecule has 0 bridgehead atoms. The maximum absolute atomic E-state index is 6.44. The van der Waals surface area contributed by atoms with Gasteiger partial charge in [0.15, 0.2) is 5.82 Å². The molecule has 0 saturated carbocycles. The first kappa shape index (κ1) is 20.6. The minimum Gasteiger partial charge on any atom is -0.338 e. The monoisotopic (exact) mass is 470 g/mol. The van der Waals surface area contributed by atoms with Crippen LogP contribution in [0.4, 0.5) is 0 Å². The van der Waals surface area contributed by atoms with Gasteiger partial charge in [-0.25, -0.2) is 4.98 Å². The maximum atomic E-state index is 6.44. The Morgan fingerprint density at radius 1 is 1.06 bits per heavy atom. The van der Waals surface area contributed by atoms with Gasteiger partial charge in [-0.3, -0.25) is 9.67 Å². The number of fused-ring (bicyclic) bond motifs is 2. The second-order valence-electron chi connectivity index (χ2n) is 8.39. The number of pyridine rings is 1. The maximum Gasteiger partial charge on any atom is 0.234 e. The van der Waals surface area contributed by atoms with E-state index in [2.05, 4.69) is 43.5 Å². The van der Waals surface area contributed by atoms with E-state index in [9.17, 15) is 0 Å². The summed E-state index contributed by atoms with van der Waals surface area (Å²) < 4.78 is 5.56. The van der Waals surface area contributed by atoms with Crippen LogP contribution in [0.3, 0.4) is 0 Å². The van der Waals surface area contributed by atoms with Gasteiger partial charge >= 0.3 is 0 Å². The third-order valence-corrected chi connectivity index (χ3v) is 6.91. The molecule has 1 atom stereocenters. The average Bonchev–Trinajstić information content (AvgIpc) is 3.61. The van der Waals surface area contributed by atoms with E-state index in [1.54, 1.807) is 15.5 Å². The number of nitrogens with zero attached hydrogens (tertiary/aromatic N) is 9. The number of nitrogens with two attached hydrogens (primary N) is 1. The molecule has 0 spiro atoms. The van der Waals surface area contributed by atoms with E-state index in [1.807, 2.05) is 49.5 Å². The Hall–Kier alpha value is -3.96. The molecule has 0 aliphatic heterocycles. The molecule has 0 aliphatic carbocycles. The van der Waals surface area contributed by atoms with Gasteiger partial charge in [0.05, 0.1) is 24.1 Å². The van der Waals surface area contributed by atoms with E-state index in [0.717, 1.165) is 49.1 Å². The lowest BCUT2D eigenvalue weighted by atomic mass is 10.0. The Labute approximate surface area is 198 Å². The molecule has 2 N–H and O–H groups in total. The van der Waals surface area contributed by atoms with Crippen LogP contribution in [0.2, 0.25) is 0 Å². The van der Waals surface area contributed by atoms with Crippen LogP contribution in [-0.4, -0.2) is 44.1 Å². The van der Waals surface area contributed by atoms with Gasteiger partial charge in [0.25, 0.3) is 0 Å². The number of aromatic nitrogens is 9. The van der Waals surface area contributed by atoms with Crippen LogP contribution in [0.1, 0.15) is 28.1 Å². The van der Waals surface area contributed by atoms with E-state index < -0.39 is 0 Å². The van der Waals surface area contributed by atoms with E-state index in [4.69, 9.17) is 10.8 Å². The Bertz CT molecular complexity index is 1620. The topological polar surface area (TPSA) is 118 Å². The first-order chi connectivity index (χ1) is 16.5. The van der Waals surface area contributed by atoms with E-state index in [0.29, 0.717) is 12.8 Å². The van der Waals surface area contributed by atoms with Gasteiger partial charge in [-0.1, -0.05) is 17.4 Å².